The molecule has 0 spiro atoms. The number of para-hydroxylation sites is 1. The number of carbonyl (C=O) groups excluding carboxylic acids is 1. The van der Waals surface area contributed by atoms with E-state index in [9.17, 15) is 4.79 Å². The quantitative estimate of drug-likeness (QED) is 0.455. The zero-order valence-corrected chi connectivity index (χ0v) is 20.1. The van der Waals surface area contributed by atoms with Gasteiger partial charge in [-0.15, -0.1) is 0 Å². The fourth-order valence-electron chi connectivity index (χ4n) is 4.02. The van der Waals surface area contributed by atoms with Crippen LogP contribution in [0.3, 0.4) is 0 Å². The molecule has 0 saturated heterocycles. The van der Waals surface area contributed by atoms with E-state index in [0.717, 1.165) is 11.1 Å². The molecular weight excluding hydrogens is 456 g/mol. The fourth-order valence-corrected chi connectivity index (χ4v) is 4.24. The van der Waals surface area contributed by atoms with Crippen molar-refractivity contribution in [3.05, 3.63) is 82.4 Å². The van der Waals surface area contributed by atoms with Crippen molar-refractivity contribution in [2.75, 3.05) is 28.4 Å². The van der Waals surface area contributed by atoms with Crippen molar-refractivity contribution in [3.63, 3.8) is 0 Å². The zero-order chi connectivity index (χ0) is 24.2. The molecule has 8 heteroatoms. The summed E-state index contributed by atoms with van der Waals surface area (Å²) in [5.41, 5.74) is 2.63. The molecule has 0 aliphatic carbocycles. The maximum absolute atomic E-state index is 13.6. The Hall–Kier alpha value is -3.71. The Morgan fingerprint density at radius 1 is 0.912 bits per heavy atom. The van der Waals surface area contributed by atoms with Crippen molar-refractivity contribution in [1.82, 2.24) is 5.01 Å². The van der Waals surface area contributed by atoms with E-state index >= 15 is 0 Å². The van der Waals surface area contributed by atoms with Gasteiger partial charge in [-0.1, -0.05) is 35.9 Å². The Bertz CT molecular complexity index is 1220. The average molecular weight is 481 g/mol. The van der Waals surface area contributed by atoms with Gasteiger partial charge in [0.25, 0.3) is 5.91 Å². The van der Waals surface area contributed by atoms with E-state index in [1.807, 2.05) is 30.3 Å². The van der Waals surface area contributed by atoms with E-state index in [0.29, 0.717) is 45.7 Å². The standard InChI is InChI=1S/C26H25ClN2O5/c1-31-17-12-16(13-18(14-17)32-2)22-15-23(20-9-7-11-24(33-3)25(20)34-4)29(28-22)26(30)19-8-5-6-10-21(19)27/h5-14,23H,15H2,1-4H3/t23-/m0/s1. The first-order chi connectivity index (χ1) is 16.5. The van der Waals surface area contributed by atoms with Crippen LogP contribution in [0, 0.1) is 0 Å². The van der Waals surface area contributed by atoms with Crippen molar-refractivity contribution >= 4 is 23.2 Å². The first kappa shape index (κ1) is 23.4. The van der Waals surface area contributed by atoms with Gasteiger partial charge in [0, 0.05) is 23.6 Å². The third-order valence-electron chi connectivity index (χ3n) is 5.70. The minimum atomic E-state index is -0.444. The molecule has 3 aromatic rings. The summed E-state index contributed by atoms with van der Waals surface area (Å²) in [6, 6.07) is 17.6. The van der Waals surface area contributed by atoms with Gasteiger partial charge in [0.1, 0.15) is 11.5 Å². The van der Waals surface area contributed by atoms with Crippen molar-refractivity contribution in [3.8, 4) is 23.0 Å². The summed E-state index contributed by atoms with van der Waals surface area (Å²) in [5.74, 6) is 2.06. The SMILES string of the molecule is COc1cc(OC)cc(C2=NN(C(=O)c3ccccc3Cl)[C@H](c3cccc(OC)c3OC)C2)c1. The number of amides is 1. The van der Waals surface area contributed by atoms with Crippen molar-refractivity contribution in [2.24, 2.45) is 5.10 Å². The van der Waals surface area contributed by atoms with E-state index in [1.54, 1.807) is 58.8 Å². The zero-order valence-electron chi connectivity index (χ0n) is 19.4. The second-order valence-electron chi connectivity index (χ2n) is 7.58. The lowest BCUT2D eigenvalue weighted by Crippen LogP contribution is -2.27. The van der Waals surface area contributed by atoms with Crippen molar-refractivity contribution in [1.29, 1.82) is 0 Å². The first-order valence-corrected chi connectivity index (χ1v) is 11.0. The van der Waals surface area contributed by atoms with Gasteiger partial charge in [-0.05, 0) is 30.3 Å². The Morgan fingerprint density at radius 2 is 1.62 bits per heavy atom. The van der Waals surface area contributed by atoms with Crippen LogP contribution in [0.5, 0.6) is 23.0 Å². The van der Waals surface area contributed by atoms with Crippen LogP contribution in [0.25, 0.3) is 0 Å². The highest BCUT2D eigenvalue weighted by Gasteiger charge is 2.37. The van der Waals surface area contributed by atoms with E-state index < -0.39 is 6.04 Å². The normalized spacial score (nSPS) is 15.0. The minimum Gasteiger partial charge on any atom is -0.497 e. The summed E-state index contributed by atoms with van der Waals surface area (Å²) in [5, 5.41) is 6.56. The number of ether oxygens (including phenoxy) is 4. The predicted octanol–water partition coefficient (Wildman–Crippen LogP) is 5.37. The lowest BCUT2D eigenvalue weighted by Gasteiger charge is -2.24. The molecule has 1 atom stereocenters. The molecule has 34 heavy (non-hydrogen) atoms. The number of carbonyl (C=O) groups is 1. The molecule has 1 aliphatic heterocycles. The minimum absolute atomic E-state index is 0.315. The second kappa shape index (κ2) is 10.1. The molecular formula is C26H25ClN2O5. The summed E-state index contributed by atoms with van der Waals surface area (Å²) in [4.78, 5) is 13.6. The highest BCUT2D eigenvalue weighted by Crippen LogP contribution is 2.43. The number of benzene rings is 3. The Balaban J connectivity index is 1.84. The topological polar surface area (TPSA) is 69.6 Å². The van der Waals surface area contributed by atoms with Gasteiger partial charge >= 0.3 is 0 Å². The highest BCUT2D eigenvalue weighted by atomic mass is 35.5. The molecule has 0 N–H and O–H groups in total. The average Bonchev–Trinajstić information content (AvgIpc) is 3.33. The van der Waals surface area contributed by atoms with Crippen molar-refractivity contribution in [2.45, 2.75) is 12.5 Å². The highest BCUT2D eigenvalue weighted by molar-refractivity contribution is 6.33. The molecule has 7 nitrogen and oxygen atoms in total. The van der Waals surface area contributed by atoms with E-state index in [4.69, 9.17) is 35.6 Å². The van der Waals surface area contributed by atoms with Crippen LogP contribution >= 0.6 is 11.6 Å². The van der Waals surface area contributed by atoms with Gasteiger partial charge in [0.05, 0.1) is 50.8 Å². The number of hydrogen-bond donors (Lipinski definition) is 0. The third-order valence-corrected chi connectivity index (χ3v) is 6.03. The molecule has 3 aromatic carbocycles. The summed E-state index contributed by atoms with van der Waals surface area (Å²) in [6.45, 7) is 0. The monoisotopic (exact) mass is 480 g/mol. The lowest BCUT2D eigenvalue weighted by molar-refractivity contribution is 0.0709. The maximum atomic E-state index is 13.6. The second-order valence-corrected chi connectivity index (χ2v) is 7.99. The van der Waals surface area contributed by atoms with Crippen LogP contribution in [-0.4, -0.2) is 45.1 Å². The van der Waals surface area contributed by atoms with Crippen LogP contribution in [0.2, 0.25) is 5.02 Å². The Kier molecular flexibility index (Phi) is 6.93. The Morgan fingerprint density at radius 3 is 2.24 bits per heavy atom. The third kappa shape index (κ3) is 4.39. The maximum Gasteiger partial charge on any atom is 0.276 e. The van der Waals surface area contributed by atoms with E-state index in [2.05, 4.69) is 0 Å². The Labute approximate surface area is 203 Å². The number of hydrazone groups is 1. The molecule has 176 valence electrons. The number of hydrogen-bond acceptors (Lipinski definition) is 6. The van der Waals surface area contributed by atoms with Crippen LogP contribution < -0.4 is 18.9 Å². The van der Waals surface area contributed by atoms with Crippen LogP contribution in [0.1, 0.15) is 33.9 Å². The van der Waals surface area contributed by atoms with Crippen LogP contribution in [0.15, 0.2) is 65.8 Å². The van der Waals surface area contributed by atoms with Gasteiger partial charge in [-0.3, -0.25) is 4.79 Å². The van der Waals surface area contributed by atoms with Gasteiger partial charge in [-0.2, -0.15) is 5.10 Å². The molecule has 0 saturated carbocycles. The predicted molar refractivity (Wildman–Crippen MR) is 131 cm³/mol. The summed E-state index contributed by atoms with van der Waals surface area (Å²) >= 11 is 6.36. The fraction of sp³-hybridized carbons (Fsp3) is 0.231. The summed E-state index contributed by atoms with van der Waals surface area (Å²) < 4.78 is 22.0. The molecule has 4 rings (SSSR count). The van der Waals surface area contributed by atoms with E-state index in [1.165, 1.54) is 5.01 Å². The van der Waals surface area contributed by atoms with Gasteiger partial charge < -0.3 is 18.9 Å². The molecule has 1 aliphatic rings. The van der Waals surface area contributed by atoms with Gasteiger partial charge in [0.2, 0.25) is 0 Å². The van der Waals surface area contributed by atoms with Crippen molar-refractivity contribution < 1.29 is 23.7 Å². The molecule has 0 unspecified atom stereocenters. The number of rotatable bonds is 7. The molecule has 0 aromatic heterocycles. The van der Waals surface area contributed by atoms with Crippen LogP contribution in [0.4, 0.5) is 0 Å². The molecule has 0 fully saturated rings. The largest absolute Gasteiger partial charge is 0.497 e. The lowest BCUT2D eigenvalue weighted by atomic mass is 9.96. The first-order valence-electron chi connectivity index (χ1n) is 10.6. The number of methoxy groups -OCH3 is 4. The van der Waals surface area contributed by atoms with Gasteiger partial charge in [-0.25, -0.2) is 5.01 Å². The van der Waals surface area contributed by atoms with Gasteiger partial charge in [0.15, 0.2) is 11.5 Å². The molecule has 0 radical (unpaired) electrons. The molecule has 0 bridgehead atoms. The summed E-state index contributed by atoms with van der Waals surface area (Å²) in [6.07, 6.45) is 0.441. The molecule has 1 amide bonds. The van der Waals surface area contributed by atoms with Crippen LogP contribution in [-0.2, 0) is 0 Å². The van der Waals surface area contributed by atoms with E-state index in [-0.39, 0.29) is 5.91 Å². The summed E-state index contributed by atoms with van der Waals surface area (Å²) in [7, 11) is 6.33. The smallest absolute Gasteiger partial charge is 0.276 e. The number of nitrogens with zero attached hydrogens (tertiary/aromatic N) is 2. The number of halogens is 1. The molecule has 1 heterocycles.